The number of rotatable bonds is 4. The van der Waals surface area contributed by atoms with Crippen LogP contribution in [0.4, 0.5) is 5.69 Å². The predicted molar refractivity (Wildman–Crippen MR) is 103 cm³/mol. The first-order valence-corrected chi connectivity index (χ1v) is 10.4. The number of benzene rings is 3. The normalized spacial score (nSPS) is 11.9. The first-order chi connectivity index (χ1) is 12.1. The van der Waals surface area contributed by atoms with Gasteiger partial charge in [0.2, 0.25) is 0 Å². The zero-order valence-electron chi connectivity index (χ0n) is 13.4. The van der Waals surface area contributed by atoms with Gasteiger partial charge in [-0.1, -0.05) is 18.2 Å². The average Bonchev–Trinajstić information content (AvgIpc) is 2.99. The summed E-state index contributed by atoms with van der Waals surface area (Å²) in [6.45, 7) is 0. The van der Waals surface area contributed by atoms with E-state index in [0.717, 1.165) is 21.3 Å². The smallest absolute Gasteiger partial charge is 0.261 e. The molecule has 0 unspecified atom stereocenters. The van der Waals surface area contributed by atoms with E-state index < -0.39 is 10.0 Å². The second kappa shape index (κ2) is 6.13. The maximum absolute atomic E-state index is 12.6. The molecule has 0 aliphatic rings. The molecule has 4 aromatic rings. The van der Waals surface area contributed by atoms with Crippen LogP contribution in [-0.2, 0) is 10.0 Å². The van der Waals surface area contributed by atoms with Crippen LogP contribution in [0.15, 0.2) is 80.9 Å². The summed E-state index contributed by atoms with van der Waals surface area (Å²) in [5.74, 6) is 0. The summed E-state index contributed by atoms with van der Waals surface area (Å²) in [6.07, 6.45) is 1.95. The SMILES string of the molecule is CSc1ccc(S(=O)(=O)Nc2ccc3c(c2)oc2ccccc23)cc1. The van der Waals surface area contributed by atoms with Crippen molar-refractivity contribution in [2.75, 3.05) is 11.0 Å². The van der Waals surface area contributed by atoms with Gasteiger partial charge in [0.15, 0.2) is 0 Å². The fourth-order valence-corrected chi connectivity index (χ4v) is 4.22. The van der Waals surface area contributed by atoms with Crippen LogP contribution in [0.3, 0.4) is 0 Å². The lowest BCUT2D eigenvalue weighted by Crippen LogP contribution is -2.12. The number of hydrogen-bond donors (Lipinski definition) is 1. The first-order valence-electron chi connectivity index (χ1n) is 7.65. The van der Waals surface area contributed by atoms with Crippen LogP contribution in [0.1, 0.15) is 0 Å². The third-order valence-corrected chi connectivity index (χ3v) is 6.14. The van der Waals surface area contributed by atoms with Crippen molar-refractivity contribution < 1.29 is 12.8 Å². The van der Waals surface area contributed by atoms with E-state index in [0.29, 0.717) is 11.3 Å². The third kappa shape index (κ3) is 2.99. The van der Waals surface area contributed by atoms with Gasteiger partial charge in [-0.2, -0.15) is 0 Å². The summed E-state index contributed by atoms with van der Waals surface area (Å²) < 4.78 is 33.5. The predicted octanol–water partition coefficient (Wildman–Crippen LogP) is 5.11. The molecule has 0 saturated heterocycles. The van der Waals surface area contributed by atoms with Crippen LogP contribution in [0.5, 0.6) is 0 Å². The Kier molecular flexibility index (Phi) is 3.94. The van der Waals surface area contributed by atoms with Gasteiger partial charge in [-0.25, -0.2) is 8.42 Å². The van der Waals surface area contributed by atoms with E-state index in [1.807, 2.05) is 36.6 Å². The number of anilines is 1. The summed E-state index contributed by atoms with van der Waals surface area (Å²) in [5, 5.41) is 1.97. The van der Waals surface area contributed by atoms with Crippen molar-refractivity contribution in [3.8, 4) is 0 Å². The Hall–Kier alpha value is -2.44. The summed E-state index contributed by atoms with van der Waals surface area (Å²) in [5.41, 5.74) is 1.91. The van der Waals surface area contributed by atoms with Crippen molar-refractivity contribution in [2.45, 2.75) is 9.79 Å². The zero-order chi connectivity index (χ0) is 17.4. The van der Waals surface area contributed by atoms with Crippen LogP contribution in [0.25, 0.3) is 21.9 Å². The molecule has 1 N–H and O–H groups in total. The Morgan fingerprint density at radius 1 is 0.880 bits per heavy atom. The number of furan rings is 1. The van der Waals surface area contributed by atoms with Crippen LogP contribution in [-0.4, -0.2) is 14.7 Å². The lowest BCUT2D eigenvalue weighted by atomic mass is 10.1. The van der Waals surface area contributed by atoms with Crippen LogP contribution in [0.2, 0.25) is 0 Å². The Morgan fingerprint density at radius 2 is 1.60 bits per heavy atom. The lowest BCUT2D eigenvalue weighted by molar-refractivity contribution is 0.601. The summed E-state index contributed by atoms with van der Waals surface area (Å²) >= 11 is 1.57. The standard InChI is InChI=1S/C19H15NO3S2/c1-24-14-7-9-15(10-8-14)25(21,22)20-13-6-11-17-16-4-2-3-5-18(16)23-19(17)12-13/h2-12,20H,1H3. The van der Waals surface area contributed by atoms with Crippen molar-refractivity contribution in [1.82, 2.24) is 0 Å². The minimum Gasteiger partial charge on any atom is -0.456 e. The Balaban J connectivity index is 1.70. The van der Waals surface area contributed by atoms with E-state index in [2.05, 4.69) is 4.72 Å². The van der Waals surface area contributed by atoms with Gasteiger partial charge >= 0.3 is 0 Å². The monoisotopic (exact) mass is 369 g/mol. The topological polar surface area (TPSA) is 59.3 Å². The molecule has 0 spiro atoms. The highest BCUT2D eigenvalue weighted by atomic mass is 32.2. The van der Waals surface area contributed by atoms with Gasteiger partial charge in [0.25, 0.3) is 10.0 Å². The lowest BCUT2D eigenvalue weighted by Gasteiger charge is -2.08. The minimum atomic E-state index is -3.64. The molecule has 0 aliphatic carbocycles. The molecule has 3 aromatic carbocycles. The molecule has 6 heteroatoms. The molecule has 0 bridgehead atoms. The third-order valence-electron chi connectivity index (χ3n) is 4.00. The van der Waals surface area contributed by atoms with Crippen molar-refractivity contribution in [1.29, 1.82) is 0 Å². The molecule has 0 fully saturated rings. The highest BCUT2D eigenvalue weighted by Gasteiger charge is 2.15. The van der Waals surface area contributed by atoms with Crippen LogP contribution < -0.4 is 4.72 Å². The molecule has 0 radical (unpaired) electrons. The molecule has 1 aromatic heterocycles. The van der Waals surface area contributed by atoms with E-state index in [-0.39, 0.29) is 4.90 Å². The van der Waals surface area contributed by atoms with E-state index in [9.17, 15) is 8.42 Å². The highest BCUT2D eigenvalue weighted by Crippen LogP contribution is 2.31. The van der Waals surface area contributed by atoms with Crippen LogP contribution in [0, 0.1) is 0 Å². The van der Waals surface area contributed by atoms with Crippen molar-refractivity contribution in [3.05, 3.63) is 66.7 Å². The van der Waals surface area contributed by atoms with Crippen molar-refractivity contribution in [3.63, 3.8) is 0 Å². The number of hydrogen-bond acceptors (Lipinski definition) is 4. The van der Waals surface area contributed by atoms with Gasteiger partial charge in [-0.3, -0.25) is 4.72 Å². The van der Waals surface area contributed by atoms with E-state index in [4.69, 9.17) is 4.42 Å². The molecule has 25 heavy (non-hydrogen) atoms. The second-order valence-electron chi connectivity index (χ2n) is 5.59. The molecule has 0 atom stereocenters. The molecule has 0 saturated carbocycles. The van der Waals surface area contributed by atoms with Gasteiger partial charge in [0, 0.05) is 21.7 Å². The fraction of sp³-hybridized carbons (Fsp3) is 0.0526. The summed E-state index contributed by atoms with van der Waals surface area (Å²) in [4.78, 5) is 1.25. The van der Waals surface area contributed by atoms with E-state index >= 15 is 0 Å². The fourth-order valence-electron chi connectivity index (χ4n) is 2.76. The number of nitrogens with one attached hydrogen (secondary N) is 1. The molecule has 1 heterocycles. The molecular weight excluding hydrogens is 354 g/mol. The Labute approximate surface area is 149 Å². The van der Waals surface area contributed by atoms with E-state index in [1.165, 1.54) is 0 Å². The van der Waals surface area contributed by atoms with Gasteiger partial charge in [-0.15, -0.1) is 11.8 Å². The van der Waals surface area contributed by atoms with Crippen molar-refractivity contribution >= 4 is 49.4 Å². The largest absolute Gasteiger partial charge is 0.456 e. The molecule has 0 aliphatic heterocycles. The Bertz CT molecular complexity index is 1160. The Morgan fingerprint density at radius 3 is 2.36 bits per heavy atom. The number of para-hydroxylation sites is 1. The molecule has 126 valence electrons. The maximum atomic E-state index is 12.6. The number of thioether (sulfide) groups is 1. The van der Waals surface area contributed by atoms with Gasteiger partial charge in [0.1, 0.15) is 11.2 Å². The second-order valence-corrected chi connectivity index (χ2v) is 8.15. The van der Waals surface area contributed by atoms with Gasteiger partial charge in [-0.05, 0) is 48.7 Å². The number of fused-ring (bicyclic) bond motifs is 3. The number of sulfonamides is 1. The quantitative estimate of drug-likeness (QED) is 0.508. The molecule has 4 nitrogen and oxygen atoms in total. The molecule has 0 amide bonds. The zero-order valence-corrected chi connectivity index (χ0v) is 15.0. The molecule has 4 rings (SSSR count). The first kappa shape index (κ1) is 16.1. The highest BCUT2D eigenvalue weighted by molar-refractivity contribution is 7.98. The van der Waals surface area contributed by atoms with E-state index in [1.54, 1.807) is 48.2 Å². The van der Waals surface area contributed by atoms with Gasteiger partial charge < -0.3 is 4.42 Å². The van der Waals surface area contributed by atoms with Gasteiger partial charge in [0.05, 0.1) is 10.6 Å². The summed E-state index contributed by atoms with van der Waals surface area (Å²) in [7, 11) is -3.64. The summed E-state index contributed by atoms with van der Waals surface area (Å²) in [6, 6.07) is 19.9. The maximum Gasteiger partial charge on any atom is 0.261 e. The van der Waals surface area contributed by atoms with Crippen molar-refractivity contribution in [2.24, 2.45) is 0 Å². The molecular formula is C19H15NO3S2. The minimum absolute atomic E-state index is 0.231. The van der Waals surface area contributed by atoms with Crippen LogP contribution >= 0.6 is 11.8 Å². The average molecular weight is 369 g/mol.